The molecule has 100 valence electrons. The van der Waals surface area contributed by atoms with Gasteiger partial charge in [-0.3, -0.25) is 5.43 Å². The van der Waals surface area contributed by atoms with Gasteiger partial charge in [0, 0.05) is 6.20 Å². The number of hydrogen-bond donors (Lipinski definition) is 2. The number of hydrogen-bond acceptors (Lipinski definition) is 5. The summed E-state index contributed by atoms with van der Waals surface area (Å²) < 4.78 is 6.06. The maximum Gasteiger partial charge on any atom is 0.197 e. The maximum atomic E-state index is 6.06. The first-order valence-electron chi connectivity index (χ1n) is 6.47. The molecule has 5 heteroatoms. The van der Waals surface area contributed by atoms with Crippen LogP contribution >= 0.6 is 11.3 Å². The molecule has 0 radical (unpaired) electrons. The summed E-state index contributed by atoms with van der Waals surface area (Å²) in [6.07, 6.45) is 5.48. The Bertz CT molecular complexity index is 555. The molecule has 1 aromatic heterocycles. The normalized spacial score (nSPS) is 18.1. The van der Waals surface area contributed by atoms with Crippen LogP contribution in [0.2, 0.25) is 0 Å². The van der Waals surface area contributed by atoms with Gasteiger partial charge in [-0.1, -0.05) is 35.6 Å². The van der Waals surface area contributed by atoms with Gasteiger partial charge in [-0.15, -0.1) is 0 Å². The van der Waals surface area contributed by atoms with E-state index in [1.807, 2.05) is 6.20 Å². The van der Waals surface area contributed by atoms with Crippen LogP contribution in [0.15, 0.2) is 30.5 Å². The van der Waals surface area contributed by atoms with Crippen LogP contribution in [0.5, 0.6) is 0 Å². The Morgan fingerprint density at radius 1 is 1.42 bits per heavy atom. The zero-order valence-electron chi connectivity index (χ0n) is 10.6. The topological polar surface area (TPSA) is 60.2 Å². The van der Waals surface area contributed by atoms with Gasteiger partial charge < -0.3 is 4.74 Å². The molecule has 19 heavy (non-hydrogen) atoms. The molecule has 0 aliphatic heterocycles. The van der Waals surface area contributed by atoms with E-state index in [4.69, 9.17) is 10.6 Å². The third kappa shape index (κ3) is 2.78. The van der Waals surface area contributed by atoms with Gasteiger partial charge >= 0.3 is 0 Å². The van der Waals surface area contributed by atoms with Crippen LogP contribution in [-0.2, 0) is 17.8 Å². The second-order valence-electron chi connectivity index (χ2n) is 4.67. The molecule has 1 unspecified atom stereocenters. The number of benzene rings is 1. The smallest absolute Gasteiger partial charge is 0.197 e. The van der Waals surface area contributed by atoms with Gasteiger partial charge in [0.05, 0.1) is 17.6 Å². The number of anilines is 1. The predicted octanol–water partition coefficient (Wildman–Crippen LogP) is 3.02. The van der Waals surface area contributed by atoms with Gasteiger partial charge in [-0.2, -0.15) is 0 Å². The Hall–Kier alpha value is -1.43. The molecule has 0 amide bonds. The van der Waals surface area contributed by atoms with Crippen molar-refractivity contribution < 1.29 is 4.74 Å². The van der Waals surface area contributed by atoms with Crippen molar-refractivity contribution in [2.45, 2.75) is 32.0 Å². The quantitative estimate of drug-likeness (QED) is 0.665. The van der Waals surface area contributed by atoms with Gasteiger partial charge in [-0.25, -0.2) is 10.8 Å². The molecule has 1 aliphatic rings. The van der Waals surface area contributed by atoms with Crippen LogP contribution in [0.25, 0.3) is 0 Å². The molecule has 0 bridgehead atoms. The molecule has 3 N–H and O–H groups in total. The predicted molar refractivity (Wildman–Crippen MR) is 76.8 cm³/mol. The number of hydrazine groups is 1. The average molecular weight is 275 g/mol. The number of fused-ring (bicyclic) bond motifs is 1. The molecule has 4 nitrogen and oxygen atoms in total. The Labute approximate surface area is 116 Å². The molecule has 0 saturated heterocycles. The first-order valence-corrected chi connectivity index (χ1v) is 7.29. The molecule has 1 heterocycles. The van der Waals surface area contributed by atoms with Crippen molar-refractivity contribution in [2.24, 2.45) is 5.84 Å². The molecule has 1 aliphatic carbocycles. The summed E-state index contributed by atoms with van der Waals surface area (Å²) in [7, 11) is 0. The lowest BCUT2D eigenvalue weighted by Gasteiger charge is -2.25. The van der Waals surface area contributed by atoms with Gasteiger partial charge in [0.1, 0.15) is 0 Å². The second-order valence-corrected chi connectivity index (χ2v) is 5.78. The fraction of sp³-hybridized carbons (Fsp3) is 0.357. The van der Waals surface area contributed by atoms with Crippen LogP contribution < -0.4 is 11.3 Å². The molecule has 0 saturated carbocycles. The highest BCUT2D eigenvalue weighted by molar-refractivity contribution is 7.15. The highest BCUT2D eigenvalue weighted by Crippen LogP contribution is 2.33. The number of nitrogens with two attached hydrogens (primary N) is 1. The van der Waals surface area contributed by atoms with E-state index in [2.05, 4.69) is 34.7 Å². The Balaban J connectivity index is 1.68. The lowest BCUT2D eigenvalue weighted by atomic mass is 9.89. The van der Waals surface area contributed by atoms with E-state index in [0.29, 0.717) is 6.61 Å². The van der Waals surface area contributed by atoms with E-state index < -0.39 is 0 Å². The third-order valence-corrected chi connectivity index (χ3v) is 4.32. The molecule has 1 aromatic carbocycles. The van der Waals surface area contributed by atoms with Crippen molar-refractivity contribution >= 4 is 16.5 Å². The first-order chi connectivity index (χ1) is 9.36. The average Bonchev–Trinajstić information content (AvgIpc) is 2.93. The van der Waals surface area contributed by atoms with Gasteiger partial charge in [0.15, 0.2) is 5.13 Å². The number of aryl methyl sites for hydroxylation is 1. The van der Waals surface area contributed by atoms with E-state index in [1.54, 1.807) is 0 Å². The van der Waals surface area contributed by atoms with Crippen molar-refractivity contribution in [3.05, 3.63) is 46.5 Å². The summed E-state index contributed by atoms with van der Waals surface area (Å²) in [5, 5.41) is 0.725. The van der Waals surface area contributed by atoms with Gasteiger partial charge in [0.25, 0.3) is 0 Å². The molecule has 0 spiro atoms. The molecule has 1 atom stereocenters. The minimum Gasteiger partial charge on any atom is -0.368 e. The highest BCUT2D eigenvalue weighted by Gasteiger charge is 2.20. The summed E-state index contributed by atoms with van der Waals surface area (Å²) in [6.45, 7) is 0.596. The van der Waals surface area contributed by atoms with Crippen molar-refractivity contribution in [1.29, 1.82) is 0 Å². The van der Waals surface area contributed by atoms with Crippen LogP contribution in [-0.4, -0.2) is 4.98 Å². The summed E-state index contributed by atoms with van der Waals surface area (Å²) in [6, 6.07) is 8.57. The highest BCUT2D eigenvalue weighted by atomic mass is 32.1. The zero-order valence-corrected chi connectivity index (χ0v) is 11.5. The number of aromatic nitrogens is 1. The van der Waals surface area contributed by atoms with Crippen molar-refractivity contribution in [2.75, 3.05) is 5.43 Å². The van der Waals surface area contributed by atoms with Gasteiger partial charge in [0.2, 0.25) is 0 Å². The van der Waals surface area contributed by atoms with Crippen molar-refractivity contribution in [1.82, 2.24) is 4.98 Å². The van der Waals surface area contributed by atoms with Gasteiger partial charge in [-0.05, 0) is 30.4 Å². The molecular weight excluding hydrogens is 258 g/mol. The fourth-order valence-corrected chi connectivity index (χ4v) is 3.15. The Kier molecular flexibility index (Phi) is 3.77. The van der Waals surface area contributed by atoms with Crippen LogP contribution in [0.4, 0.5) is 5.13 Å². The molecule has 2 aromatic rings. The third-order valence-electron chi connectivity index (χ3n) is 3.42. The van der Waals surface area contributed by atoms with E-state index in [9.17, 15) is 0 Å². The Morgan fingerprint density at radius 2 is 2.32 bits per heavy atom. The van der Waals surface area contributed by atoms with E-state index in [-0.39, 0.29) is 6.10 Å². The number of nitrogens with zero attached hydrogens (tertiary/aromatic N) is 1. The van der Waals surface area contributed by atoms with Crippen LogP contribution in [0.3, 0.4) is 0 Å². The Morgan fingerprint density at radius 3 is 3.16 bits per heavy atom. The van der Waals surface area contributed by atoms with Crippen molar-refractivity contribution in [3.8, 4) is 0 Å². The summed E-state index contributed by atoms with van der Waals surface area (Å²) >= 11 is 1.53. The van der Waals surface area contributed by atoms with E-state index in [0.717, 1.165) is 22.9 Å². The van der Waals surface area contributed by atoms with E-state index in [1.165, 1.54) is 28.9 Å². The molecule has 3 rings (SSSR count). The zero-order chi connectivity index (χ0) is 13.1. The molecule has 0 fully saturated rings. The lowest BCUT2D eigenvalue weighted by molar-refractivity contribution is 0.0297. The number of thiazole rings is 1. The standard InChI is InChI=1S/C14H17N3OS/c15-17-14-16-8-11(19-14)9-18-13-7-3-5-10-4-1-2-6-12(10)13/h1-2,4,6,8,13H,3,5,7,9,15H2,(H,16,17). The van der Waals surface area contributed by atoms with Crippen LogP contribution in [0, 0.1) is 0 Å². The van der Waals surface area contributed by atoms with E-state index >= 15 is 0 Å². The number of ether oxygens (including phenoxy) is 1. The molecular formula is C14H17N3OS. The largest absolute Gasteiger partial charge is 0.368 e. The lowest BCUT2D eigenvalue weighted by Crippen LogP contribution is -2.12. The fourth-order valence-electron chi connectivity index (χ4n) is 2.51. The first kappa shape index (κ1) is 12.6. The number of rotatable bonds is 4. The van der Waals surface area contributed by atoms with Crippen molar-refractivity contribution in [3.63, 3.8) is 0 Å². The minimum atomic E-state index is 0.210. The SMILES string of the molecule is NNc1ncc(COC2CCCc3ccccc32)s1. The summed E-state index contributed by atoms with van der Waals surface area (Å²) in [5.41, 5.74) is 5.32. The monoisotopic (exact) mass is 275 g/mol. The van der Waals surface area contributed by atoms with Crippen LogP contribution in [0.1, 0.15) is 34.9 Å². The number of nitrogen functional groups attached to an aromatic ring is 1. The summed E-state index contributed by atoms with van der Waals surface area (Å²) in [4.78, 5) is 5.24. The second kappa shape index (κ2) is 5.69. The minimum absolute atomic E-state index is 0.210. The summed E-state index contributed by atoms with van der Waals surface area (Å²) in [5.74, 6) is 5.32. The number of nitrogens with one attached hydrogen (secondary N) is 1. The maximum absolute atomic E-state index is 6.06.